The van der Waals surface area contributed by atoms with Crippen LogP contribution in [-0.4, -0.2) is 44.8 Å². The fraction of sp³-hybridized carbons (Fsp3) is 0.389. The standard InChI is InChI=1S/C18H21N3O3/c1-12-4-3-5-13(2)16(12)17(22)20-8-6-15(7-9-20)21-11-14(10-19-21)18(23)24/h3-5,10-11,15H,6-9H2,1-2H3,(H,23,24). The minimum atomic E-state index is -0.969. The number of carboxylic acids is 1. The van der Waals surface area contributed by atoms with E-state index >= 15 is 0 Å². The zero-order valence-electron chi connectivity index (χ0n) is 13.9. The van der Waals surface area contributed by atoms with Gasteiger partial charge in [0.2, 0.25) is 0 Å². The molecule has 2 aromatic rings. The highest BCUT2D eigenvalue weighted by atomic mass is 16.4. The molecule has 0 saturated carbocycles. The number of carboxylic acid groups (broad SMARTS) is 1. The van der Waals surface area contributed by atoms with Gasteiger partial charge in [0.05, 0.1) is 17.8 Å². The second-order valence-corrected chi connectivity index (χ2v) is 6.30. The van der Waals surface area contributed by atoms with E-state index in [0.717, 1.165) is 29.5 Å². The minimum absolute atomic E-state index is 0.0794. The van der Waals surface area contributed by atoms with Crippen LogP contribution in [-0.2, 0) is 0 Å². The highest BCUT2D eigenvalue weighted by Gasteiger charge is 2.26. The number of amides is 1. The third-order valence-electron chi connectivity index (χ3n) is 4.67. The van der Waals surface area contributed by atoms with Gasteiger partial charge in [0.25, 0.3) is 5.91 Å². The largest absolute Gasteiger partial charge is 0.478 e. The topological polar surface area (TPSA) is 75.4 Å². The van der Waals surface area contributed by atoms with Crippen LogP contribution in [0.1, 0.15) is 50.7 Å². The molecular weight excluding hydrogens is 306 g/mol. The second-order valence-electron chi connectivity index (χ2n) is 6.30. The highest BCUT2D eigenvalue weighted by Crippen LogP contribution is 2.25. The van der Waals surface area contributed by atoms with E-state index in [2.05, 4.69) is 5.10 Å². The Morgan fingerprint density at radius 2 is 1.79 bits per heavy atom. The van der Waals surface area contributed by atoms with Crippen LogP contribution in [0.4, 0.5) is 0 Å². The molecule has 126 valence electrons. The summed E-state index contributed by atoms with van der Waals surface area (Å²) < 4.78 is 1.71. The summed E-state index contributed by atoms with van der Waals surface area (Å²) in [5.41, 5.74) is 2.99. The van der Waals surface area contributed by atoms with Crippen molar-refractivity contribution in [3.63, 3.8) is 0 Å². The maximum Gasteiger partial charge on any atom is 0.338 e. The monoisotopic (exact) mass is 327 g/mol. The molecule has 3 rings (SSSR count). The first-order valence-electron chi connectivity index (χ1n) is 8.10. The fourth-order valence-electron chi connectivity index (χ4n) is 3.29. The summed E-state index contributed by atoms with van der Waals surface area (Å²) in [6.07, 6.45) is 4.49. The molecule has 1 fully saturated rings. The van der Waals surface area contributed by atoms with Gasteiger partial charge in [-0.3, -0.25) is 9.48 Å². The van der Waals surface area contributed by atoms with Gasteiger partial charge in [-0.15, -0.1) is 0 Å². The van der Waals surface area contributed by atoms with Crippen molar-refractivity contribution in [1.29, 1.82) is 0 Å². The number of hydrogen-bond donors (Lipinski definition) is 1. The van der Waals surface area contributed by atoms with E-state index in [1.807, 2.05) is 36.9 Å². The molecule has 1 N–H and O–H groups in total. The zero-order valence-corrected chi connectivity index (χ0v) is 13.9. The van der Waals surface area contributed by atoms with E-state index in [0.29, 0.717) is 13.1 Å². The van der Waals surface area contributed by atoms with Crippen LogP contribution in [0, 0.1) is 13.8 Å². The van der Waals surface area contributed by atoms with Gasteiger partial charge in [-0.05, 0) is 37.8 Å². The average Bonchev–Trinajstić information content (AvgIpc) is 3.05. The van der Waals surface area contributed by atoms with Crippen molar-refractivity contribution in [3.05, 3.63) is 52.8 Å². The molecular formula is C18H21N3O3. The highest BCUT2D eigenvalue weighted by molar-refractivity contribution is 5.97. The van der Waals surface area contributed by atoms with Crippen LogP contribution in [0.5, 0.6) is 0 Å². The van der Waals surface area contributed by atoms with Crippen molar-refractivity contribution in [2.24, 2.45) is 0 Å². The van der Waals surface area contributed by atoms with Crippen molar-refractivity contribution in [2.75, 3.05) is 13.1 Å². The predicted octanol–water partition coefficient (Wildman–Crippen LogP) is 2.68. The molecule has 1 aromatic carbocycles. The Morgan fingerprint density at radius 3 is 2.33 bits per heavy atom. The number of likely N-dealkylation sites (tertiary alicyclic amines) is 1. The maximum absolute atomic E-state index is 12.8. The molecule has 1 aromatic heterocycles. The van der Waals surface area contributed by atoms with Crippen molar-refractivity contribution >= 4 is 11.9 Å². The van der Waals surface area contributed by atoms with Crippen molar-refractivity contribution < 1.29 is 14.7 Å². The van der Waals surface area contributed by atoms with Crippen LogP contribution in [0.3, 0.4) is 0 Å². The zero-order chi connectivity index (χ0) is 17.3. The Kier molecular flexibility index (Phi) is 4.38. The molecule has 6 heteroatoms. The summed E-state index contributed by atoms with van der Waals surface area (Å²) in [7, 11) is 0. The van der Waals surface area contributed by atoms with E-state index < -0.39 is 5.97 Å². The first-order valence-corrected chi connectivity index (χ1v) is 8.10. The quantitative estimate of drug-likeness (QED) is 0.940. The number of hydrogen-bond acceptors (Lipinski definition) is 3. The molecule has 24 heavy (non-hydrogen) atoms. The van der Waals surface area contributed by atoms with E-state index in [1.54, 1.807) is 10.9 Å². The molecule has 1 amide bonds. The summed E-state index contributed by atoms with van der Waals surface area (Å²) in [6.45, 7) is 5.23. The third kappa shape index (κ3) is 3.04. The van der Waals surface area contributed by atoms with E-state index in [9.17, 15) is 9.59 Å². The number of aromatic carboxylic acids is 1. The lowest BCUT2D eigenvalue weighted by molar-refractivity contribution is 0.0687. The van der Waals surface area contributed by atoms with Gasteiger partial charge < -0.3 is 10.0 Å². The molecule has 0 atom stereocenters. The Bertz CT molecular complexity index is 753. The second kappa shape index (κ2) is 6.47. The molecule has 0 unspecified atom stereocenters. The molecule has 2 heterocycles. The Balaban J connectivity index is 1.68. The fourth-order valence-corrected chi connectivity index (χ4v) is 3.29. The van der Waals surface area contributed by atoms with Gasteiger partial charge in [0.15, 0.2) is 0 Å². The number of aryl methyl sites for hydroxylation is 2. The summed E-state index contributed by atoms with van der Waals surface area (Å²) >= 11 is 0. The lowest BCUT2D eigenvalue weighted by atomic mass is 9.99. The SMILES string of the molecule is Cc1cccc(C)c1C(=O)N1CCC(n2cc(C(=O)O)cn2)CC1. The van der Waals surface area contributed by atoms with Crippen LogP contribution in [0.25, 0.3) is 0 Å². The molecule has 1 aliphatic heterocycles. The first-order chi connectivity index (χ1) is 11.5. The van der Waals surface area contributed by atoms with Crippen LogP contribution in [0.15, 0.2) is 30.6 Å². The normalized spacial score (nSPS) is 15.5. The average molecular weight is 327 g/mol. The van der Waals surface area contributed by atoms with E-state index in [1.165, 1.54) is 6.20 Å². The Labute approximate surface area is 140 Å². The molecule has 0 spiro atoms. The van der Waals surface area contributed by atoms with Crippen molar-refractivity contribution in [2.45, 2.75) is 32.7 Å². The summed E-state index contributed by atoms with van der Waals surface area (Å²) in [6, 6.07) is 6.03. The van der Waals surface area contributed by atoms with Gasteiger partial charge in [-0.25, -0.2) is 4.79 Å². The van der Waals surface area contributed by atoms with Crippen LogP contribution >= 0.6 is 0 Å². The Morgan fingerprint density at radius 1 is 1.17 bits per heavy atom. The molecule has 6 nitrogen and oxygen atoms in total. The predicted molar refractivity (Wildman–Crippen MR) is 89.3 cm³/mol. The summed E-state index contributed by atoms with van der Waals surface area (Å²) in [5.74, 6) is -0.889. The van der Waals surface area contributed by atoms with E-state index in [-0.39, 0.29) is 17.5 Å². The van der Waals surface area contributed by atoms with Crippen LogP contribution < -0.4 is 0 Å². The molecule has 0 radical (unpaired) electrons. The van der Waals surface area contributed by atoms with Crippen molar-refractivity contribution in [1.82, 2.24) is 14.7 Å². The minimum Gasteiger partial charge on any atom is -0.478 e. The third-order valence-corrected chi connectivity index (χ3v) is 4.67. The van der Waals surface area contributed by atoms with E-state index in [4.69, 9.17) is 5.11 Å². The van der Waals surface area contributed by atoms with Crippen LogP contribution in [0.2, 0.25) is 0 Å². The lowest BCUT2D eigenvalue weighted by Crippen LogP contribution is -2.39. The molecule has 0 bridgehead atoms. The number of carbonyl (C=O) groups excluding carboxylic acids is 1. The molecule has 1 aliphatic rings. The first kappa shape index (κ1) is 16.2. The summed E-state index contributed by atoms with van der Waals surface area (Å²) in [4.78, 5) is 25.6. The number of aromatic nitrogens is 2. The number of benzene rings is 1. The number of rotatable bonds is 3. The number of piperidine rings is 1. The maximum atomic E-state index is 12.8. The van der Waals surface area contributed by atoms with Gasteiger partial charge in [-0.2, -0.15) is 5.10 Å². The van der Waals surface area contributed by atoms with Gasteiger partial charge in [0, 0.05) is 24.8 Å². The molecule has 1 saturated heterocycles. The van der Waals surface area contributed by atoms with Gasteiger partial charge in [-0.1, -0.05) is 18.2 Å². The number of nitrogens with zero attached hydrogens (tertiary/aromatic N) is 3. The smallest absolute Gasteiger partial charge is 0.338 e. The van der Waals surface area contributed by atoms with Gasteiger partial charge >= 0.3 is 5.97 Å². The number of carbonyl (C=O) groups is 2. The van der Waals surface area contributed by atoms with Gasteiger partial charge in [0.1, 0.15) is 0 Å². The molecule has 0 aliphatic carbocycles. The lowest BCUT2D eigenvalue weighted by Gasteiger charge is -2.32. The van der Waals surface area contributed by atoms with Crippen molar-refractivity contribution in [3.8, 4) is 0 Å². The Hall–Kier alpha value is -2.63. The summed E-state index contributed by atoms with van der Waals surface area (Å²) in [5, 5.41) is 13.1.